The first kappa shape index (κ1) is 30.2. The molecule has 2 aliphatic heterocycles. The average molecular weight is 581 g/mol. The highest BCUT2D eigenvalue weighted by atomic mass is 31.2. The van der Waals surface area contributed by atoms with Gasteiger partial charge >= 0.3 is 19.4 Å². The van der Waals surface area contributed by atoms with Gasteiger partial charge in [-0.2, -0.15) is 4.98 Å². The third-order valence-electron chi connectivity index (χ3n) is 6.31. The molecular formula is C26H37N4O9P. The zero-order valence-electron chi connectivity index (χ0n) is 23.5. The van der Waals surface area contributed by atoms with E-state index >= 15 is 0 Å². The van der Waals surface area contributed by atoms with E-state index in [2.05, 4.69) is 10.1 Å². The first-order valence-corrected chi connectivity index (χ1v) is 14.5. The third-order valence-corrected chi connectivity index (χ3v) is 7.86. The largest absolute Gasteiger partial charge is 0.464 e. The normalized spacial score (nSPS) is 27.1. The van der Waals surface area contributed by atoms with Crippen molar-refractivity contribution in [1.82, 2.24) is 14.6 Å². The van der Waals surface area contributed by atoms with Gasteiger partial charge in [-0.25, -0.2) is 14.4 Å². The highest BCUT2D eigenvalue weighted by Crippen LogP contribution is 2.52. The molecule has 0 radical (unpaired) electrons. The molecule has 13 nitrogen and oxygen atoms in total. The Bertz CT molecular complexity index is 1310. The Kier molecular flexibility index (Phi) is 8.47. The minimum Gasteiger partial charge on any atom is -0.464 e. The van der Waals surface area contributed by atoms with Crippen LogP contribution in [-0.2, 0) is 32.8 Å². The summed E-state index contributed by atoms with van der Waals surface area (Å²) in [5, 5.41) is 2.75. The standard InChI is InChI=1S/C26H37N4O9P/c1-24(2,3)22(31)34-15-13-28-40(33,38-17-10-8-7-9-11-17)35-16-18-20-26(6,39-25(4,5)37-20)21(36-18)30-14-12-19(27)29-23(30)32/h7-12,14,18,20-21H,13,15-16H2,1-6H3,(H,28,33)(H2,27,29,32)/t18-,20-,21-,26-,40?/m1/s1. The number of rotatable bonds is 10. The van der Waals surface area contributed by atoms with Crippen LogP contribution in [-0.4, -0.2) is 58.9 Å². The van der Waals surface area contributed by atoms with Gasteiger partial charge in [0.05, 0.1) is 12.0 Å². The Morgan fingerprint density at radius 2 is 1.90 bits per heavy atom. The molecule has 5 atom stereocenters. The lowest BCUT2D eigenvalue weighted by atomic mass is 9.96. The molecule has 3 heterocycles. The first-order valence-electron chi connectivity index (χ1n) is 12.9. The van der Waals surface area contributed by atoms with Crippen LogP contribution in [0.5, 0.6) is 5.75 Å². The monoisotopic (exact) mass is 580 g/mol. The molecule has 4 rings (SSSR count). The molecule has 1 unspecified atom stereocenters. The molecule has 0 bridgehead atoms. The van der Waals surface area contributed by atoms with Gasteiger partial charge < -0.3 is 29.2 Å². The minimum atomic E-state index is -4.01. The summed E-state index contributed by atoms with van der Waals surface area (Å²) in [5.41, 5.74) is 3.25. The Labute approximate surface area is 232 Å². The predicted molar refractivity (Wildman–Crippen MR) is 144 cm³/mol. The number of carbonyl (C=O) groups is 1. The number of aromatic nitrogens is 2. The van der Waals surface area contributed by atoms with Crippen LogP contribution >= 0.6 is 7.75 Å². The van der Waals surface area contributed by atoms with Crippen molar-refractivity contribution in [2.24, 2.45) is 5.41 Å². The number of nitrogens with zero attached hydrogens (tertiary/aromatic N) is 2. The number of hydrogen-bond acceptors (Lipinski definition) is 11. The van der Waals surface area contributed by atoms with Crippen LogP contribution < -0.4 is 21.0 Å². The van der Waals surface area contributed by atoms with Gasteiger partial charge in [-0.15, -0.1) is 0 Å². The molecule has 0 aliphatic carbocycles. The summed E-state index contributed by atoms with van der Waals surface area (Å²) in [7, 11) is -4.01. The number of anilines is 1. The summed E-state index contributed by atoms with van der Waals surface area (Å²) in [6.07, 6.45) is -0.976. The van der Waals surface area contributed by atoms with Crippen molar-refractivity contribution in [3.63, 3.8) is 0 Å². The highest BCUT2D eigenvalue weighted by molar-refractivity contribution is 7.52. The van der Waals surface area contributed by atoms with Crippen molar-refractivity contribution in [2.75, 3.05) is 25.5 Å². The van der Waals surface area contributed by atoms with Crippen LogP contribution in [0.15, 0.2) is 47.4 Å². The lowest BCUT2D eigenvalue weighted by Gasteiger charge is -2.30. The number of nitrogens with two attached hydrogens (primary N) is 1. The smallest absolute Gasteiger partial charge is 0.458 e. The second kappa shape index (κ2) is 11.2. The lowest BCUT2D eigenvalue weighted by Crippen LogP contribution is -2.44. The molecule has 0 spiro atoms. The number of hydrogen-bond donors (Lipinski definition) is 2. The topological polar surface area (TPSA) is 162 Å². The molecule has 0 saturated carbocycles. The molecule has 14 heteroatoms. The van der Waals surface area contributed by atoms with E-state index in [0.29, 0.717) is 5.75 Å². The molecule has 1 aromatic carbocycles. The van der Waals surface area contributed by atoms with E-state index in [1.807, 2.05) is 0 Å². The lowest BCUT2D eigenvalue weighted by molar-refractivity contribution is -0.217. The van der Waals surface area contributed by atoms with Gasteiger partial charge in [-0.3, -0.25) is 13.9 Å². The van der Waals surface area contributed by atoms with Crippen molar-refractivity contribution < 1.29 is 37.4 Å². The van der Waals surface area contributed by atoms with Crippen LogP contribution in [0.4, 0.5) is 5.82 Å². The highest BCUT2D eigenvalue weighted by Gasteiger charge is 2.64. The van der Waals surface area contributed by atoms with E-state index in [-0.39, 0.29) is 25.6 Å². The summed E-state index contributed by atoms with van der Waals surface area (Å²) < 4.78 is 50.5. The molecule has 1 aromatic heterocycles. The summed E-state index contributed by atoms with van der Waals surface area (Å²) in [6, 6.07) is 9.99. The van der Waals surface area contributed by atoms with Gasteiger partial charge in [0, 0.05) is 12.7 Å². The quantitative estimate of drug-likeness (QED) is 0.240. The van der Waals surface area contributed by atoms with Crippen molar-refractivity contribution >= 4 is 19.5 Å². The molecule has 0 amide bonds. The number of esters is 1. The molecule has 2 aromatic rings. The van der Waals surface area contributed by atoms with Gasteiger partial charge in [0.15, 0.2) is 12.0 Å². The van der Waals surface area contributed by atoms with Crippen LogP contribution in [0.1, 0.15) is 47.8 Å². The van der Waals surface area contributed by atoms with Crippen LogP contribution in [0, 0.1) is 5.41 Å². The van der Waals surface area contributed by atoms with E-state index in [9.17, 15) is 14.2 Å². The van der Waals surface area contributed by atoms with Crippen molar-refractivity contribution in [2.45, 2.75) is 71.4 Å². The van der Waals surface area contributed by atoms with E-state index in [0.717, 1.165) is 0 Å². The maximum absolute atomic E-state index is 13.8. The number of para-hydroxylation sites is 1. The van der Waals surface area contributed by atoms with Crippen molar-refractivity contribution in [3.8, 4) is 5.75 Å². The Balaban J connectivity index is 1.52. The number of carbonyl (C=O) groups excluding carboxylic acids is 1. The Hall–Kier alpha value is -2.80. The number of fused-ring (bicyclic) bond motifs is 1. The summed E-state index contributed by atoms with van der Waals surface area (Å²) >= 11 is 0. The van der Waals surface area contributed by atoms with Gasteiger partial charge in [0.25, 0.3) is 0 Å². The maximum atomic E-state index is 13.8. The molecule has 2 aliphatic rings. The molecule has 40 heavy (non-hydrogen) atoms. The minimum absolute atomic E-state index is 0.000364. The summed E-state index contributed by atoms with van der Waals surface area (Å²) in [5.74, 6) is -1.01. The summed E-state index contributed by atoms with van der Waals surface area (Å²) in [4.78, 5) is 28.5. The Morgan fingerprint density at radius 3 is 2.55 bits per heavy atom. The zero-order valence-corrected chi connectivity index (χ0v) is 24.4. The van der Waals surface area contributed by atoms with Crippen molar-refractivity contribution in [1.29, 1.82) is 0 Å². The Morgan fingerprint density at radius 1 is 1.20 bits per heavy atom. The van der Waals surface area contributed by atoms with E-state index in [4.69, 9.17) is 33.7 Å². The van der Waals surface area contributed by atoms with Crippen LogP contribution in [0.25, 0.3) is 0 Å². The zero-order chi connectivity index (χ0) is 29.3. The summed E-state index contributed by atoms with van der Waals surface area (Å²) in [6.45, 7) is 10.2. The third kappa shape index (κ3) is 6.73. The first-order chi connectivity index (χ1) is 18.6. The van der Waals surface area contributed by atoms with Gasteiger partial charge in [0.2, 0.25) is 0 Å². The van der Waals surface area contributed by atoms with E-state index in [1.54, 1.807) is 71.9 Å². The number of nitrogens with one attached hydrogen (secondary N) is 1. The van der Waals surface area contributed by atoms with E-state index in [1.165, 1.54) is 16.8 Å². The number of benzene rings is 1. The fraction of sp³-hybridized carbons (Fsp3) is 0.577. The van der Waals surface area contributed by atoms with Crippen LogP contribution in [0.3, 0.4) is 0 Å². The van der Waals surface area contributed by atoms with Gasteiger partial charge in [-0.05, 0) is 59.7 Å². The van der Waals surface area contributed by atoms with Gasteiger partial charge in [0.1, 0.15) is 36.0 Å². The van der Waals surface area contributed by atoms with Crippen LogP contribution in [0.2, 0.25) is 0 Å². The SMILES string of the molecule is CC1(C)O[C@@H]2[C@@H](COP(=O)(NCCOC(=O)C(C)(C)C)Oc3ccccc3)O[C@@H](n3ccc(N)nc3=O)[C@]2(C)O1. The maximum Gasteiger partial charge on any atom is 0.458 e. The molecule has 220 valence electrons. The fourth-order valence-corrected chi connectivity index (χ4v) is 5.87. The number of ether oxygens (including phenoxy) is 4. The molecule has 3 N–H and O–H groups in total. The van der Waals surface area contributed by atoms with E-state index < -0.39 is 54.6 Å². The molecular weight excluding hydrogens is 543 g/mol. The van der Waals surface area contributed by atoms with Crippen molar-refractivity contribution in [3.05, 3.63) is 53.1 Å². The second-order valence-corrected chi connectivity index (χ2v) is 13.0. The second-order valence-electron chi connectivity index (χ2n) is 11.3. The number of nitrogen functional groups attached to an aromatic ring is 1. The fourth-order valence-electron chi connectivity index (χ4n) is 4.55. The average Bonchev–Trinajstić information content (AvgIpc) is 3.25. The molecule has 2 saturated heterocycles. The molecule has 2 fully saturated rings. The predicted octanol–water partition coefficient (Wildman–Crippen LogP) is 3.02. The van der Waals surface area contributed by atoms with Gasteiger partial charge in [-0.1, -0.05) is 18.2 Å².